The van der Waals surface area contributed by atoms with Crippen molar-refractivity contribution < 1.29 is 19.4 Å². The summed E-state index contributed by atoms with van der Waals surface area (Å²) < 4.78 is 5.19. The Hall–Kier alpha value is -2.21. The van der Waals surface area contributed by atoms with Crippen LogP contribution in [0.3, 0.4) is 0 Å². The average molecular weight is 332 g/mol. The first-order valence-electron chi connectivity index (χ1n) is 7.94. The monoisotopic (exact) mass is 332 g/mol. The van der Waals surface area contributed by atoms with Gasteiger partial charge in [0.05, 0.1) is 11.6 Å². The van der Waals surface area contributed by atoms with E-state index in [9.17, 15) is 14.7 Å². The molecule has 1 aromatic rings. The third-order valence-electron chi connectivity index (χ3n) is 3.85. The van der Waals surface area contributed by atoms with Crippen molar-refractivity contribution in [3.8, 4) is 0 Å². The third kappa shape index (κ3) is 4.89. The topological polar surface area (TPSA) is 79.7 Å². The number of likely N-dealkylation sites (N-methyl/N-ethyl adjacent to an activating group) is 1. The molecule has 1 N–H and O–H groups in total. The molecule has 1 saturated heterocycles. The summed E-state index contributed by atoms with van der Waals surface area (Å²) in [6.45, 7) is 6.67. The molecule has 24 heavy (non-hydrogen) atoms. The van der Waals surface area contributed by atoms with Gasteiger partial charge in [0, 0.05) is 31.3 Å². The molecule has 0 radical (unpaired) electrons. The van der Waals surface area contributed by atoms with Gasteiger partial charge in [-0.15, -0.1) is 0 Å². The molecular weight excluding hydrogens is 308 g/mol. The fourth-order valence-corrected chi connectivity index (χ4v) is 2.81. The minimum Gasteiger partial charge on any atom is -0.481 e. The van der Waals surface area contributed by atoms with E-state index in [2.05, 4.69) is 4.98 Å². The average Bonchev–Trinajstić information content (AvgIpc) is 2.86. The second-order valence-electron chi connectivity index (χ2n) is 7.16. The van der Waals surface area contributed by atoms with Crippen molar-refractivity contribution in [2.75, 3.05) is 20.1 Å². The van der Waals surface area contributed by atoms with Gasteiger partial charge in [-0.05, 0) is 45.5 Å². The molecule has 1 aliphatic heterocycles. The summed E-state index contributed by atoms with van der Waals surface area (Å²) in [6, 6.07) is 3.66. The van der Waals surface area contributed by atoms with Gasteiger partial charge in [0.2, 0.25) is 0 Å². The Bertz CT molecular complexity index is 631. The van der Waals surface area contributed by atoms with E-state index in [1.165, 1.54) is 6.08 Å². The standard InChI is InChI=1S/C18H24N2O4/c1-18(2,3)24-16(21)8-7-13-6-5-12(9-19-13)14-10-20(4)11-15(14)17(22)23/h5-9,14-15H,10-11H2,1-4H3,(H,22,23). The van der Waals surface area contributed by atoms with Gasteiger partial charge in [-0.1, -0.05) is 6.07 Å². The lowest BCUT2D eigenvalue weighted by Gasteiger charge is -2.17. The number of aromatic nitrogens is 1. The van der Waals surface area contributed by atoms with Crippen molar-refractivity contribution in [3.63, 3.8) is 0 Å². The number of carbonyl (C=O) groups excluding carboxylic acids is 1. The highest BCUT2D eigenvalue weighted by Crippen LogP contribution is 2.31. The van der Waals surface area contributed by atoms with E-state index in [-0.39, 0.29) is 5.92 Å². The Morgan fingerprint density at radius 3 is 2.58 bits per heavy atom. The molecular formula is C18H24N2O4. The Balaban J connectivity index is 2.05. The normalized spacial score (nSPS) is 22.0. The van der Waals surface area contributed by atoms with Crippen molar-refractivity contribution in [1.29, 1.82) is 0 Å². The van der Waals surface area contributed by atoms with Gasteiger partial charge in [0.1, 0.15) is 5.60 Å². The first-order chi connectivity index (χ1) is 11.2. The molecule has 0 saturated carbocycles. The zero-order chi connectivity index (χ0) is 17.9. The SMILES string of the molecule is CN1CC(C(=O)O)C(c2ccc(C=CC(=O)OC(C)(C)C)nc2)C1. The Kier molecular flexibility index (Phi) is 5.39. The number of esters is 1. The minimum atomic E-state index is -0.779. The van der Waals surface area contributed by atoms with Crippen LogP contribution in [0.5, 0.6) is 0 Å². The van der Waals surface area contributed by atoms with E-state index in [1.54, 1.807) is 18.3 Å². The van der Waals surface area contributed by atoms with Gasteiger partial charge in [0.25, 0.3) is 0 Å². The summed E-state index contributed by atoms with van der Waals surface area (Å²) in [6.07, 6.45) is 4.62. The summed E-state index contributed by atoms with van der Waals surface area (Å²) in [5, 5.41) is 9.35. The number of carboxylic acid groups (broad SMARTS) is 1. The summed E-state index contributed by atoms with van der Waals surface area (Å²) >= 11 is 0. The summed E-state index contributed by atoms with van der Waals surface area (Å²) in [5.41, 5.74) is 1.00. The molecule has 0 spiro atoms. The van der Waals surface area contributed by atoms with E-state index in [0.717, 1.165) is 5.56 Å². The molecule has 130 valence electrons. The number of pyridine rings is 1. The molecule has 1 aliphatic rings. The maximum atomic E-state index is 11.7. The Morgan fingerprint density at radius 1 is 1.33 bits per heavy atom. The van der Waals surface area contributed by atoms with E-state index in [1.807, 2.05) is 38.8 Å². The fourth-order valence-electron chi connectivity index (χ4n) is 2.81. The molecule has 1 aromatic heterocycles. The van der Waals surface area contributed by atoms with Crippen molar-refractivity contribution >= 4 is 18.0 Å². The molecule has 2 heterocycles. The van der Waals surface area contributed by atoms with Crippen LogP contribution in [0.25, 0.3) is 6.08 Å². The lowest BCUT2D eigenvalue weighted by molar-refractivity contribution is -0.148. The highest BCUT2D eigenvalue weighted by molar-refractivity contribution is 5.87. The first kappa shape index (κ1) is 18.1. The maximum Gasteiger partial charge on any atom is 0.331 e. The Morgan fingerprint density at radius 2 is 2.04 bits per heavy atom. The van der Waals surface area contributed by atoms with Crippen molar-refractivity contribution in [2.24, 2.45) is 5.92 Å². The van der Waals surface area contributed by atoms with Crippen molar-refractivity contribution in [1.82, 2.24) is 9.88 Å². The fraction of sp³-hybridized carbons (Fsp3) is 0.500. The van der Waals surface area contributed by atoms with Gasteiger partial charge in [-0.2, -0.15) is 0 Å². The number of nitrogens with zero attached hydrogens (tertiary/aromatic N) is 2. The van der Waals surface area contributed by atoms with Gasteiger partial charge >= 0.3 is 11.9 Å². The second-order valence-corrected chi connectivity index (χ2v) is 7.16. The first-order valence-corrected chi connectivity index (χ1v) is 7.94. The lowest BCUT2D eigenvalue weighted by Crippen LogP contribution is -2.22. The zero-order valence-corrected chi connectivity index (χ0v) is 14.5. The number of carbonyl (C=O) groups is 2. The molecule has 2 unspecified atom stereocenters. The lowest BCUT2D eigenvalue weighted by atomic mass is 9.90. The summed E-state index contributed by atoms with van der Waals surface area (Å²) in [4.78, 5) is 29.4. The number of likely N-dealkylation sites (tertiary alicyclic amines) is 1. The van der Waals surface area contributed by atoms with Crippen LogP contribution in [0.15, 0.2) is 24.4 Å². The van der Waals surface area contributed by atoms with Crippen LogP contribution in [0, 0.1) is 5.92 Å². The third-order valence-corrected chi connectivity index (χ3v) is 3.85. The molecule has 2 atom stereocenters. The smallest absolute Gasteiger partial charge is 0.331 e. The molecule has 0 aromatic carbocycles. The van der Waals surface area contributed by atoms with Gasteiger partial charge < -0.3 is 14.7 Å². The molecule has 1 fully saturated rings. The van der Waals surface area contributed by atoms with Gasteiger partial charge in [0.15, 0.2) is 0 Å². The molecule has 6 nitrogen and oxygen atoms in total. The highest BCUT2D eigenvalue weighted by Gasteiger charge is 2.37. The Labute approximate surface area is 142 Å². The number of aliphatic carboxylic acids is 1. The minimum absolute atomic E-state index is 0.0658. The molecule has 2 rings (SSSR count). The number of hydrogen-bond donors (Lipinski definition) is 1. The van der Waals surface area contributed by atoms with Crippen LogP contribution in [0.1, 0.15) is 37.9 Å². The van der Waals surface area contributed by atoms with E-state index < -0.39 is 23.5 Å². The maximum absolute atomic E-state index is 11.7. The van der Waals surface area contributed by atoms with Crippen LogP contribution in [0.2, 0.25) is 0 Å². The second kappa shape index (κ2) is 7.13. The van der Waals surface area contributed by atoms with Crippen LogP contribution >= 0.6 is 0 Å². The number of hydrogen-bond acceptors (Lipinski definition) is 5. The van der Waals surface area contributed by atoms with Crippen LogP contribution < -0.4 is 0 Å². The van der Waals surface area contributed by atoms with E-state index >= 15 is 0 Å². The van der Waals surface area contributed by atoms with Crippen LogP contribution in [-0.2, 0) is 14.3 Å². The zero-order valence-electron chi connectivity index (χ0n) is 14.5. The highest BCUT2D eigenvalue weighted by atomic mass is 16.6. The van der Waals surface area contributed by atoms with E-state index in [0.29, 0.717) is 18.8 Å². The number of rotatable bonds is 4. The largest absolute Gasteiger partial charge is 0.481 e. The predicted octanol–water partition coefficient (Wildman–Crippen LogP) is 2.17. The number of carboxylic acids is 1. The molecule has 0 aliphatic carbocycles. The van der Waals surface area contributed by atoms with Gasteiger partial charge in [-0.25, -0.2) is 4.79 Å². The molecule has 0 amide bonds. The summed E-state index contributed by atoms with van der Waals surface area (Å²) in [5.74, 6) is -1.68. The quantitative estimate of drug-likeness (QED) is 0.672. The molecule has 6 heteroatoms. The van der Waals surface area contributed by atoms with Crippen molar-refractivity contribution in [2.45, 2.75) is 32.3 Å². The van der Waals surface area contributed by atoms with Crippen LogP contribution in [0.4, 0.5) is 0 Å². The van der Waals surface area contributed by atoms with Crippen LogP contribution in [-0.4, -0.2) is 52.7 Å². The predicted molar refractivity (Wildman–Crippen MR) is 90.5 cm³/mol. The molecule has 0 bridgehead atoms. The van der Waals surface area contributed by atoms with Gasteiger partial charge in [-0.3, -0.25) is 9.78 Å². The van der Waals surface area contributed by atoms with Crippen molar-refractivity contribution in [3.05, 3.63) is 35.7 Å². The summed E-state index contributed by atoms with van der Waals surface area (Å²) in [7, 11) is 1.92. The van der Waals surface area contributed by atoms with E-state index in [4.69, 9.17) is 4.74 Å². The number of ether oxygens (including phenoxy) is 1.